The Bertz CT molecular complexity index is 317. The van der Waals surface area contributed by atoms with Gasteiger partial charge < -0.3 is 4.42 Å². The first-order chi connectivity index (χ1) is 5.47. The normalized spacial score (nSPS) is 9.82. The molecule has 0 N–H and O–H groups in total. The second kappa shape index (κ2) is 2.49. The summed E-state index contributed by atoms with van der Waals surface area (Å²) in [7, 11) is 0. The molecular formula is C7H4N3O. The third kappa shape index (κ3) is 1.10. The molecule has 2 heterocycles. The van der Waals surface area contributed by atoms with E-state index in [2.05, 4.69) is 21.6 Å². The Kier molecular flexibility index (Phi) is 1.37. The molecule has 0 aliphatic carbocycles. The maximum Gasteiger partial charge on any atom is 0.306 e. The van der Waals surface area contributed by atoms with Gasteiger partial charge in [-0.05, 0) is 12.1 Å². The van der Waals surface area contributed by atoms with E-state index in [0.29, 0.717) is 11.6 Å². The third-order valence-corrected chi connectivity index (χ3v) is 1.21. The van der Waals surface area contributed by atoms with Crippen LogP contribution in [0.1, 0.15) is 0 Å². The zero-order valence-corrected chi connectivity index (χ0v) is 5.56. The van der Waals surface area contributed by atoms with Crippen LogP contribution >= 0.6 is 0 Å². The van der Waals surface area contributed by atoms with Crippen LogP contribution in [0.5, 0.6) is 0 Å². The first kappa shape index (κ1) is 6.03. The van der Waals surface area contributed by atoms with Crippen LogP contribution in [-0.2, 0) is 0 Å². The molecule has 1 radical (unpaired) electrons. The van der Waals surface area contributed by atoms with Crippen LogP contribution in [0, 0.1) is 6.39 Å². The second-order valence-electron chi connectivity index (χ2n) is 1.91. The monoisotopic (exact) mass is 146 g/mol. The lowest BCUT2D eigenvalue weighted by atomic mass is 10.3. The van der Waals surface area contributed by atoms with Crippen LogP contribution in [0.3, 0.4) is 0 Å². The van der Waals surface area contributed by atoms with E-state index >= 15 is 0 Å². The fourth-order valence-corrected chi connectivity index (χ4v) is 0.743. The first-order valence-corrected chi connectivity index (χ1v) is 3.08. The molecular weight excluding hydrogens is 142 g/mol. The summed E-state index contributed by atoms with van der Waals surface area (Å²) in [6.45, 7) is 0. The van der Waals surface area contributed by atoms with Gasteiger partial charge in [0.2, 0.25) is 0 Å². The van der Waals surface area contributed by atoms with Gasteiger partial charge in [-0.1, -0.05) is 6.07 Å². The summed E-state index contributed by atoms with van der Waals surface area (Å²) in [6.07, 6.45) is 3.92. The van der Waals surface area contributed by atoms with Crippen molar-refractivity contribution < 1.29 is 4.42 Å². The van der Waals surface area contributed by atoms with E-state index in [4.69, 9.17) is 4.42 Å². The SMILES string of the molecule is [c]1nnc(-c2ccccn2)o1. The van der Waals surface area contributed by atoms with Crippen LogP contribution in [0.4, 0.5) is 0 Å². The van der Waals surface area contributed by atoms with Crippen molar-refractivity contribution >= 4 is 0 Å². The minimum absolute atomic E-state index is 0.394. The average Bonchev–Trinajstić information content (AvgIpc) is 2.58. The van der Waals surface area contributed by atoms with Crippen molar-refractivity contribution in [3.8, 4) is 11.6 Å². The van der Waals surface area contributed by atoms with Crippen LogP contribution in [0.15, 0.2) is 28.8 Å². The molecule has 0 saturated heterocycles. The van der Waals surface area contributed by atoms with Gasteiger partial charge in [0, 0.05) is 6.20 Å². The molecule has 0 amide bonds. The topological polar surface area (TPSA) is 51.8 Å². The number of nitrogens with zero attached hydrogens (tertiary/aromatic N) is 3. The predicted octanol–water partition coefficient (Wildman–Crippen LogP) is 0.932. The molecule has 0 unspecified atom stereocenters. The van der Waals surface area contributed by atoms with Crippen LogP contribution in [0.2, 0.25) is 0 Å². The molecule has 0 spiro atoms. The maximum absolute atomic E-state index is 4.81. The lowest BCUT2D eigenvalue weighted by molar-refractivity contribution is 0.556. The lowest BCUT2D eigenvalue weighted by Crippen LogP contribution is -1.80. The van der Waals surface area contributed by atoms with Gasteiger partial charge >= 0.3 is 6.39 Å². The van der Waals surface area contributed by atoms with Crippen molar-refractivity contribution in [2.24, 2.45) is 0 Å². The fourth-order valence-electron chi connectivity index (χ4n) is 0.743. The summed E-state index contributed by atoms with van der Waals surface area (Å²) in [5.74, 6) is 0.394. The molecule has 0 saturated carbocycles. The minimum atomic E-state index is 0.394. The molecule has 0 aromatic carbocycles. The highest BCUT2D eigenvalue weighted by Gasteiger charge is 2.01. The zero-order chi connectivity index (χ0) is 7.52. The average molecular weight is 146 g/mol. The highest BCUT2D eigenvalue weighted by atomic mass is 16.4. The molecule has 0 atom stereocenters. The molecule has 2 aromatic rings. The number of hydrogen-bond acceptors (Lipinski definition) is 4. The molecule has 2 rings (SSSR count). The van der Waals surface area contributed by atoms with Gasteiger partial charge in [-0.2, -0.15) is 0 Å². The van der Waals surface area contributed by atoms with Crippen molar-refractivity contribution in [1.29, 1.82) is 0 Å². The highest BCUT2D eigenvalue weighted by Crippen LogP contribution is 2.10. The zero-order valence-electron chi connectivity index (χ0n) is 5.56. The molecule has 11 heavy (non-hydrogen) atoms. The Labute approximate surface area is 62.9 Å². The largest absolute Gasteiger partial charge is 0.411 e. The van der Waals surface area contributed by atoms with Gasteiger partial charge in [-0.3, -0.25) is 4.98 Å². The minimum Gasteiger partial charge on any atom is -0.411 e. The Morgan fingerprint density at radius 3 is 3.00 bits per heavy atom. The molecule has 0 aliphatic heterocycles. The number of hydrogen-bond donors (Lipinski definition) is 0. The number of rotatable bonds is 1. The summed E-state index contributed by atoms with van der Waals surface area (Å²) < 4.78 is 4.81. The van der Waals surface area contributed by atoms with Gasteiger partial charge in [-0.25, -0.2) is 0 Å². The van der Waals surface area contributed by atoms with Crippen LogP contribution in [-0.4, -0.2) is 15.2 Å². The predicted molar refractivity (Wildman–Crippen MR) is 36.4 cm³/mol. The van der Waals surface area contributed by atoms with E-state index in [-0.39, 0.29) is 0 Å². The Morgan fingerprint density at radius 2 is 2.36 bits per heavy atom. The summed E-state index contributed by atoms with van der Waals surface area (Å²) in [5, 5.41) is 7.07. The van der Waals surface area contributed by atoms with Gasteiger partial charge in [-0.15, -0.1) is 10.2 Å². The van der Waals surface area contributed by atoms with Gasteiger partial charge in [0.1, 0.15) is 5.69 Å². The maximum atomic E-state index is 4.81. The Balaban J connectivity index is 2.46. The van der Waals surface area contributed by atoms with Gasteiger partial charge in [0.15, 0.2) is 0 Å². The third-order valence-electron chi connectivity index (χ3n) is 1.21. The lowest BCUT2D eigenvalue weighted by Gasteiger charge is -1.88. The van der Waals surface area contributed by atoms with E-state index in [0.717, 1.165) is 0 Å². The van der Waals surface area contributed by atoms with E-state index < -0.39 is 0 Å². The van der Waals surface area contributed by atoms with Crippen molar-refractivity contribution in [3.63, 3.8) is 0 Å². The molecule has 0 bridgehead atoms. The molecule has 0 fully saturated rings. The number of pyridine rings is 1. The quantitative estimate of drug-likeness (QED) is 0.600. The second-order valence-corrected chi connectivity index (χ2v) is 1.91. The van der Waals surface area contributed by atoms with Crippen molar-refractivity contribution in [1.82, 2.24) is 15.2 Å². The van der Waals surface area contributed by atoms with Crippen molar-refractivity contribution in [2.45, 2.75) is 0 Å². The summed E-state index contributed by atoms with van der Waals surface area (Å²) in [6, 6.07) is 5.47. The summed E-state index contributed by atoms with van der Waals surface area (Å²) >= 11 is 0. The molecule has 2 aromatic heterocycles. The van der Waals surface area contributed by atoms with Crippen molar-refractivity contribution in [2.75, 3.05) is 0 Å². The number of aromatic nitrogens is 3. The highest BCUT2D eigenvalue weighted by molar-refractivity contribution is 5.44. The van der Waals surface area contributed by atoms with Gasteiger partial charge in [0.05, 0.1) is 0 Å². The standard InChI is InChI=1S/C7H4N3O/c1-2-4-8-6(3-1)7-10-9-5-11-7/h1-4H. The molecule has 4 heteroatoms. The molecule has 53 valence electrons. The molecule has 4 nitrogen and oxygen atoms in total. The van der Waals surface area contributed by atoms with E-state index in [1.807, 2.05) is 12.1 Å². The summed E-state index contributed by atoms with van der Waals surface area (Å²) in [4.78, 5) is 4.00. The fraction of sp³-hybridized carbons (Fsp3) is 0. The first-order valence-electron chi connectivity index (χ1n) is 3.08. The van der Waals surface area contributed by atoms with E-state index in [1.54, 1.807) is 12.3 Å². The van der Waals surface area contributed by atoms with Crippen LogP contribution in [0.25, 0.3) is 11.6 Å². The van der Waals surface area contributed by atoms with Crippen LogP contribution < -0.4 is 0 Å². The van der Waals surface area contributed by atoms with E-state index in [9.17, 15) is 0 Å². The van der Waals surface area contributed by atoms with Crippen molar-refractivity contribution in [3.05, 3.63) is 30.8 Å². The van der Waals surface area contributed by atoms with Gasteiger partial charge in [0.25, 0.3) is 5.89 Å². The summed E-state index contributed by atoms with van der Waals surface area (Å²) in [5.41, 5.74) is 0.668. The van der Waals surface area contributed by atoms with E-state index in [1.165, 1.54) is 0 Å². The molecule has 0 aliphatic rings. The Morgan fingerprint density at radius 1 is 1.36 bits per heavy atom. The Hall–Kier alpha value is -1.71. The smallest absolute Gasteiger partial charge is 0.306 e.